The van der Waals surface area contributed by atoms with Crippen molar-refractivity contribution in [2.24, 2.45) is 35.3 Å². The van der Waals surface area contributed by atoms with Crippen molar-refractivity contribution in [1.82, 2.24) is 0 Å². The first kappa shape index (κ1) is 29.6. The van der Waals surface area contributed by atoms with Gasteiger partial charge in [0.25, 0.3) is 0 Å². The van der Waals surface area contributed by atoms with Gasteiger partial charge in [-0.05, 0) is 61.1 Å². The lowest BCUT2D eigenvalue weighted by Gasteiger charge is -2.43. The van der Waals surface area contributed by atoms with E-state index in [4.69, 9.17) is 15.2 Å². The second-order valence-corrected chi connectivity index (χ2v) is 11.1. The molecule has 0 unspecified atom stereocenters. The number of cyclic esters (lactones) is 1. The molecular formula is C31H43NO6. The molecule has 0 radical (unpaired) electrons. The van der Waals surface area contributed by atoms with Crippen molar-refractivity contribution in [1.29, 1.82) is 0 Å². The minimum absolute atomic E-state index is 0.0854. The van der Waals surface area contributed by atoms with E-state index in [0.29, 0.717) is 29.7 Å². The number of carbonyl (C=O) groups is 3. The van der Waals surface area contributed by atoms with E-state index in [1.807, 2.05) is 19.9 Å². The fourth-order valence-electron chi connectivity index (χ4n) is 5.67. The Morgan fingerprint density at radius 1 is 1.16 bits per heavy atom. The highest BCUT2D eigenvalue weighted by molar-refractivity contribution is 5.92. The Morgan fingerprint density at radius 3 is 2.47 bits per heavy atom. The van der Waals surface area contributed by atoms with Crippen LogP contribution in [0.4, 0.5) is 0 Å². The molecule has 0 bridgehead atoms. The van der Waals surface area contributed by atoms with Crippen LogP contribution in [0.15, 0.2) is 54.1 Å². The van der Waals surface area contributed by atoms with Gasteiger partial charge in [-0.15, -0.1) is 0 Å². The highest BCUT2D eigenvalue weighted by atomic mass is 16.5. The van der Waals surface area contributed by atoms with Gasteiger partial charge < -0.3 is 20.3 Å². The first-order chi connectivity index (χ1) is 18.1. The van der Waals surface area contributed by atoms with Gasteiger partial charge in [0.15, 0.2) is 0 Å². The van der Waals surface area contributed by atoms with Crippen molar-refractivity contribution in [3.8, 4) is 0 Å². The molecule has 8 atom stereocenters. The zero-order valence-corrected chi connectivity index (χ0v) is 23.0. The SMILES string of the molecule is CC[C@H](C)C(=O)O[C@H]1C[C@@H](C)C=C2C=C[C@H](C)[C@H](CC[C@H]3C[C@@H](O)CC(=O)O3)[C@H]21.NC(=O)c1ccccc1. The maximum absolute atomic E-state index is 12.5. The number of hydrogen-bond acceptors (Lipinski definition) is 6. The van der Waals surface area contributed by atoms with E-state index in [1.165, 1.54) is 5.57 Å². The van der Waals surface area contributed by atoms with Crippen LogP contribution in [0.1, 0.15) is 76.6 Å². The summed E-state index contributed by atoms with van der Waals surface area (Å²) in [5.41, 5.74) is 6.80. The van der Waals surface area contributed by atoms with Gasteiger partial charge in [-0.25, -0.2) is 0 Å². The highest BCUT2D eigenvalue weighted by Gasteiger charge is 2.42. The molecule has 0 spiro atoms. The maximum atomic E-state index is 12.5. The topological polar surface area (TPSA) is 116 Å². The van der Waals surface area contributed by atoms with Gasteiger partial charge in [-0.1, -0.05) is 64.1 Å². The van der Waals surface area contributed by atoms with Crippen molar-refractivity contribution >= 4 is 17.8 Å². The number of fused-ring (bicyclic) bond motifs is 1. The molecule has 3 N–H and O–H groups in total. The third-order valence-corrected chi connectivity index (χ3v) is 7.99. The number of ether oxygens (including phenoxy) is 2. The molecule has 38 heavy (non-hydrogen) atoms. The second kappa shape index (κ2) is 13.7. The lowest BCUT2D eigenvalue weighted by molar-refractivity contribution is -0.162. The van der Waals surface area contributed by atoms with E-state index < -0.39 is 6.10 Å². The number of carbonyl (C=O) groups excluding carboxylic acids is 3. The molecule has 1 amide bonds. The van der Waals surface area contributed by atoms with Crippen molar-refractivity contribution < 1.29 is 29.0 Å². The number of aliphatic hydroxyl groups is 1. The molecule has 1 heterocycles. The van der Waals surface area contributed by atoms with Gasteiger partial charge >= 0.3 is 11.9 Å². The predicted molar refractivity (Wildman–Crippen MR) is 146 cm³/mol. The summed E-state index contributed by atoms with van der Waals surface area (Å²) < 4.78 is 11.5. The van der Waals surface area contributed by atoms with Crippen LogP contribution in [0.2, 0.25) is 0 Å². The van der Waals surface area contributed by atoms with Crippen LogP contribution < -0.4 is 5.73 Å². The molecule has 0 saturated carbocycles. The number of primary amides is 1. The lowest BCUT2D eigenvalue weighted by atomic mass is 9.65. The van der Waals surface area contributed by atoms with Crippen molar-refractivity contribution in [3.05, 3.63) is 59.7 Å². The number of aliphatic hydroxyl groups excluding tert-OH is 1. The zero-order valence-electron chi connectivity index (χ0n) is 23.0. The minimum atomic E-state index is -0.597. The molecule has 1 aromatic rings. The third kappa shape index (κ3) is 8.03. The Hall–Kier alpha value is -2.93. The Kier molecular flexibility index (Phi) is 10.7. The number of esters is 2. The van der Waals surface area contributed by atoms with Crippen LogP contribution in [-0.4, -0.2) is 41.3 Å². The van der Waals surface area contributed by atoms with Crippen LogP contribution in [0.25, 0.3) is 0 Å². The summed E-state index contributed by atoms with van der Waals surface area (Å²) in [6, 6.07) is 8.76. The monoisotopic (exact) mass is 525 g/mol. The summed E-state index contributed by atoms with van der Waals surface area (Å²) in [4.78, 5) is 34.6. The number of allylic oxidation sites excluding steroid dienone is 3. The summed E-state index contributed by atoms with van der Waals surface area (Å²) in [7, 11) is 0. The van der Waals surface area contributed by atoms with E-state index in [-0.39, 0.29) is 48.3 Å². The molecular weight excluding hydrogens is 482 g/mol. The molecule has 3 aliphatic rings. The Labute approximate surface area is 226 Å². The molecule has 1 fully saturated rings. The number of rotatable bonds is 7. The van der Waals surface area contributed by atoms with Crippen LogP contribution in [0.3, 0.4) is 0 Å². The average Bonchev–Trinajstić information content (AvgIpc) is 2.88. The fourth-order valence-corrected chi connectivity index (χ4v) is 5.67. The number of hydrogen-bond donors (Lipinski definition) is 2. The molecule has 208 valence electrons. The van der Waals surface area contributed by atoms with Gasteiger partial charge in [-0.3, -0.25) is 14.4 Å². The molecule has 0 aromatic heterocycles. The van der Waals surface area contributed by atoms with Crippen molar-refractivity contribution in [3.63, 3.8) is 0 Å². The van der Waals surface area contributed by atoms with E-state index in [1.54, 1.807) is 24.3 Å². The Balaban J connectivity index is 0.000000375. The van der Waals surface area contributed by atoms with Crippen LogP contribution in [0.5, 0.6) is 0 Å². The van der Waals surface area contributed by atoms with Crippen molar-refractivity contribution in [2.75, 3.05) is 0 Å². The minimum Gasteiger partial charge on any atom is -0.462 e. The molecule has 7 heteroatoms. The summed E-state index contributed by atoms with van der Waals surface area (Å²) in [5, 5.41) is 9.89. The van der Waals surface area contributed by atoms with E-state index >= 15 is 0 Å². The fraction of sp³-hybridized carbons (Fsp3) is 0.581. The summed E-state index contributed by atoms with van der Waals surface area (Å²) in [6.45, 7) is 8.33. The van der Waals surface area contributed by atoms with Crippen molar-refractivity contribution in [2.45, 2.75) is 84.5 Å². The van der Waals surface area contributed by atoms with Crippen LogP contribution in [-0.2, 0) is 19.1 Å². The van der Waals surface area contributed by atoms with E-state index in [9.17, 15) is 19.5 Å². The lowest BCUT2D eigenvalue weighted by Crippen LogP contribution is -2.42. The standard InChI is InChI=1S/C24H36O5.C7H7NO/c1-5-15(3)24(27)29-21-11-14(2)10-17-7-6-16(4)20(23(17)21)9-8-19-12-18(25)13-22(26)28-19;8-7(9)6-4-2-1-3-5-6/h6-7,10,14-16,18-21,23,25H,5,8-9,11-13H2,1-4H3;1-5H,(H2,8,9)/t14-,15-,16-,18+,19-,20-,21-,23-;/m0./s1. The predicted octanol–water partition coefficient (Wildman–Crippen LogP) is 4.98. The Bertz CT molecular complexity index is 1020. The quantitative estimate of drug-likeness (QED) is 0.485. The smallest absolute Gasteiger partial charge is 0.308 e. The van der Waals surface area contributed by atoms with Crippen LogP contribution in [0, 0.1) is 29.6 Å². The first-order valence-corrected chi connectivity index (χ1v) is 13.9. The van der Waals surface area contributed by atoms with Gasteiger partial charge in [-0.2, -0.15) is 0 Å². The largest absolute Gasteiger partial charge is 0.462 e. The summed E-state index contributed by atoms with van der Waals surface area (Å²) in [5.74, 6) is 0.376. The van der Waals surface area contributed by atoms with E-state index in [0.717, 1.165) is 25.7 Å². The first-order valence-electron chi connectivity index (χ1n) is 13.9. The molecule has 1 aliphatic heterocycles. The molecule has 2 aliphatic carbocycles. The Morgan fingerprint density at radius 2 is 1.87 bits per heavy atom. The number of benzene rings is 1. The molecule has 4 rings (SSSR count). The summed E-state index contributed by atoms with van der Waals surface area (Å²) in [6.07, 6.45) is 9.70. The third-order valence-electron chi connectivity index (χ3n) is 7.99. The van der Waals surface area contributed by atoms with Gasteiger partial charge in [0.1, 0.15) is 12.2 Å². The maximum Gasteiger partial charge on any atom is 0.308 e. The van der Waals surface area contributed by atoms with E-state index in [2.05, 4.69) is 32.1 Å². The van der Waals surface area contributed by atoms with Gasteiger partial charge in [0, 0.05) is 17.9 Å². The number of amides is 1. The number of nitrogens with two attached hydrogens (primary N) is 1. The average molecular weight is 526 g/mol. The second-order valence-electron chi connectivity index (χ2n) is 11.1. The highest BCUT2D eigenvalue weighted by Crippen LogP contribution is 2.45. The molecule has 7 nitrogen and oxygen atoms in total. The summed E-state index contributed by atoms with van der Waals surface area (Å²) >= 11 is 0. The van der Waals surface area contributed by atoms with Gasteiger partial charge in [0.2, 0.25) is 5.91 Å². The zero-order chi connectivity index (χ0) is 27.8. The molecule has 1 saturated heterocycles. The van der Waals surface area contributed by atoms with Gasteiger partial charge in [0.05, 0.1) is 18.4 Å². The van der Waals surface area contributed by atoms with Crippen LogP contribution >= 0.6 is 0 Å². The normalized spacial score (nSPS) is 31.0. The molecule has 1 aromatic carbocycles.